The van der Waals surface area contributed by atoms with Crippen LogP contribution in [-0.4, -0.2) is 117 Å². The van der Waals surface area contributed by atoms with Crippen LogP contribution in [0.3, 0.4) is 0 Å². The van der Waals surface area contributed by atoms with Crippen LogP contribution in [0.4, 0.5) is 4.79 Å². The summed E-state index contributed by atoms with van der Waals surface area (Å²) in [5.41, 5.74) is 2.43. The number of rotatable bonds is 7. The van der Waals surface area contributed by atoms with Crippen LogP contribution >= 0.6 is 0 Å². The van der Waals surface area contributed by atoms with Gasteiger partial charge in [-0.1, -0.05) is 19.8 Å². The molecule has 5 heterocycles. The first-order chi connectivity index (χ1) is 21.1. The molecule has 0 N–H and O–H groups in total. The van der Waals surface area contributed by atoms with Crippen molar-refractivity contribution in [3.8, 4) is 6.07 Å². The van der Waals surface area contributed by atoms with Crippen molar-refractivity contribution >= 4 is 17.8 Å². The van der Waals surface area contributed by atoms with Crippen molar-refractivity contribution in [2.45, 2.75) is 116 Å². The first-order valence-corrected chi connectivity index (χ1v) is 16.8. The highest BCUT2D eigenvalue weighted by Crippen LogP contribution is 2.36. The summed E-state index contributed by atoms with van der Waals surface area (Å²) in [5, 5.41) is 9.23. The van der Waals surface area contributed by atoms with E-state index >= 15 is 0 Å². The smallest absolute Gasteiger partial charge is 0.320 e. The zero-order valence-electron chi connectivity index (χ0n) is 27.5. The average molecular weight is 606 g/mol. The molecule has 4 amide bonds. The van der Waals surface area contributed by atoms with Crippen molar-refractivity contribution in [2.24, 2.45) is 0 Å². The molecule has 1 aromatic rings. The quantitative estimate of drug-likeness (QED) is 0.458. The highest BCUT2D eigenvalue weighted by molar-refractivity contribution is 5.96. The predicted octanol–water partition coefficient (Wildman–Crippen LogP) is 4.34. The Kier molecular flexibility index (Phi) is 9.83. The van der Waals surface area contributed by atoms with Crippen molar-refractivity contribution in [3.63, 3.8) is 0 Å². The molecule has 10 heteroatoms. The lowest BCUT2D eigenvalue weighted by Gasteiger charge is -2.50. The van der Waals surface area contributed by atoms with Gasteiger partial charge in [0.05, 0.1) is 17.3 Å². The van der Waals surface area contributed by atoms with Gasteiger partial charge in [0.2, 0.25) is 5.91 Å². The van der Waals surface area contributed by atoms with Gasteiger partial charge >= 0.3 is 6.03 Å². The number of piperidine rings is 3. The molecule has 4 aliphatic rings. The average Bonchev–Trinajstić information content (AvgIpc) is 3.35. The Bertz CT molecular complexity index is 1240. The maximum absolute atomic E-state index is 13.9. The summed E-state index contributed by atoms with van der Waals surface area (Å²) < 4.78 is 0. The van der Waals surface area contributed by atoms with E-state index < -0.39 is 0 Å². The summed E-state index contributed by atoms with van der Waals surface area (Å²) in [7, 11) is 0. The zero-order chi connectivity index (χ0) is 31.6. The zero-order valence-corrected chi connectivity index (χ0v) is 27.5. The van der Waals surface area contributed by atoms with Gasteiger partial charge in [-0.25, -0.2) is 9.78 Å². The van der Waals surface area contributed by atoms with E-state index in [-0.39, 0.29) is 41.5 Å². The molecule has 4 aliphatic heterocycles. The van der Waals surface area contributed by atoms with Gasteiger partial charge in [0.15, 0.2) is 0 Å². The number of unbranched alkanes of at least 4 members (excludes halogenated alkanes) is 1. The molecule has 0 bridgehead atoms. The SMILES string of the molecule is CCCCC1CN(C2CCN(C(C)=O)CC2)C(=O)N1C1CCN(C2(C)CCN(C(=O)c3c(C)cc(C#N)nc3C)CC2)CC1. The summed E-state index contributed by atoms with van der Waals surface area (Å²) in [5.74, 6) is 0.144. The fraction of sp³-hybridized carbons (Fsp3) is 0.735. The number of carbonyl (C=O) groups excluding carboxylic acids is 3. The fourth-order valence-electron chi connectivity index (χ4n) is 8.18. The minimum absolute atomic E-state index is 0.0138. The monoisotopic (exact) mass is 605 g/mol. The Morgan fingerprint density at radius 1 is 1.00 bits per heavy atom. The van der Waals surface area contributed by atoms with Crippen LogP contribution in [0.1, 0.15) is 106 Å². The van der Waals surface area contributed by atoms with Gasteiger partial charge in [-0.2, -0.15) is 5.26 Å². The molecule has 4 fully saturated rings. The molecule has 0 aliphatic carbocycles. The first-order valence-electron chi connectivity index (χ1n) is 16.8. The van der Waals surface area contributed by atoms with Gasteiger partial charge in [0.1, 0.15) is 11.8 Å². The lowest BCUT2D eigenvalue weighted by atomic mass is 9.85. The van der Waals surface area contributed by atoms with E-state index in [1.807, 2.05) is 23.6 Å². The second-order valence-corrected chi connectivity index (χ2v) is 13.8. The van der Waals surface area contributed by atoms with E-state index in [1.165, 1.54) is 0 Å². The molecule has 5 rings (SSSR count). The van der Waals surface area contributed by atoms with Gasteiger partial charge in [-0.3, -0.25) is 14.5 Å². The number of nitriles is 1. The molecular formula is C34H51N7O3. The van der Waals surface area contributed by atoms with Crippen molar-refractivity contribution in [1.29, 1.82) is 5.26 Å². The Morgan fingerprint density at radius 3 is 2.20 bits per heavy atom. The topological polar surface area (TPSA) is 104 Å². The molecule has 0 radical (unpaired) electrons. The first kappa shape index (κ1) is 32.2. The molecule has 0 aromatic carbocycles. The number of urea groups is 1. The minimum Gasteiger partial charge on any atom is -0.343 e. The molecule has 0 spiro atoms. The van der Waals surface area contributed by atoms with Crippen LogP contribution in [0.25, 0.3) is 0 Å². The van der Waals surface area contributed by atoms with Crippen molar-refractivity contribution in [2.75, 3.05) is 45.8 Å². The Morgan fingerprint density at radius 2 is 1.64 bits per heavy atom. The van der Waals surface area contributed by atoms with Crippen LogP contribution in [0.15, 0.2) is 6.07 Å². The molecule has 4 saturated heterocycles. The van der Waals surface area contributed by atoms with Crippen LogP contribution in [0, 0.1) is 25.2 Å². The molecule has 10 nitrogen and oxygen atoms in total. The number of hydrogen-bond donors (Lipinski definition) is 0. The number of carbonyl (C=O) groups is 3. The van der Waals surface area contributed by atoms with Crippen LogP contribution in [-0.2, 0) is 4.79 Å². The second-order valence-electron chi connectivity index (χ2n) is 13.8. The third-order valence-corrected chi connectivity index (χ3v) is 11.0. The standard InChI is InChI=1S/C34H51N7O3/c1-6-7-8-30-23-40(28-9-15-37(16-10-28)26(4)42)33(44)41(30)29-11-17-39(18-12-29)34(5)13-19-38(20-14-34)32(43)31-24(2)21-27(22-35)36-25(31)3/h21,28-30H,6-20,23H2,1-5H3. The number of aromatic nitrogens is 1. The van der Waals surface area contributed by atoms with Gasteiger partial charge in [0, 0.05) is 70.4 Å². The van der Waals surface area contributed by atoms with Crippen LogP contribution < -0.4 is 0 Å². The van der Waals surface area contributed by atoms with Gasteiger partial charge in [-0.15, -0.1) is 0 Å². The molecular weight excluding hydrogens is 554 g/mol. The Labute approximate surface area is 263 Å². The number of pyridine rings is 1. The fourth-order valence-corrected chi connectivity index (χ4v) is 8.18. The number of amides is 4. The molecule has 0 saturated carbocycles. The molecule has 44 heavy (non-hydrogen) atoms. The highest BCUT2D eigenvalue weighted by atomic mass is 16.2. The molecule has 1 unspecified atom stereocenters. The van der Waals surface area contributed by atoms with E-state index in [0.717, 1.165) is 96.1 Å². The van der Waals surface area contributed by atoms with E-state index in [2.05, 4.69) is 39.6 Å². The van der Waals surface area contributed by atoms with Gasteiger partial charge in [0.25, 0.3) is 5.91 Å². The number of nitrogens with zero attached hydrogens (tertiary/aromatic N) is 7. The van der Waals surface area contributed by atoms with Crippen LogP contribution in [0.2, 0.25) is 0 Å². The van der Waals surface area contributed by atoms with Crippen LogP contribution in [0.5, 0.6) is 0 Å². The lowest BCUT2D eigenvalue weighted by Crippen LogP contribution is -2.59. The van der Waals surface area contributed by atoms with Crippen molar-refractivity contribution in [3.05, 3.63) is 28.6 Å². The van der Waals surface area contributed by atoms with E-state index in [0.29, 0.717) is 30.0 Å². The minimum atomic E-state index is 0.0138. The summed E-state index contributed by atoms with van der Waals surface area (Å²) in [6.45, 7) is 15.5. The van der Waals surface area contributed by atoms with E-state index in [4.69, 9.17) is 0 Å². The summed E-state index contributed by atoms with van der Waals surface area (Å²) >= 11 is 0. The largest absolute Gasteiger partial charge is 0.343 e. The molecule has 1 aromatic heterocycles. The maximum atomic E-state index is 13.9. The van der Waals surface area contributed by atoms with Crippen molar-refractivity contribution < 1.29 is 14.4 Å². The molecule has 240 valence electrons. The predicted molar refractivity (Wildman–Crippen MR) is 169 cm³/mol. The van der Waals surface area contributed by atoms with Crippen molar-refractivity contribution in [1.82, 2.24) is 29.5 Å². The number of likely N-dealkylation sites (tertiary alicyclic amines) is 3. The third-order valence-electron chi connectivity index (χ3n) is 11.0. The van der Waals surface area contributed by atoms with E-state index in [1.54, 1.807) is 13.0 Å². The van der Waals surface area contributed by atoms with Gasteiger partial charge < -0.3 is 19.6 Å². The second kappa shape index (κ2) is 13.4. The highest BCUT2D eigenvalue weighted by Gasteiger charge is 2.46. The summed E-state index contributed by atoms with van der Waals surface area (Å²) in [6.07, 6.45) is 8.87. The normalized spacial score (nSPS) is 23.7. The Balaban J connectivity index is 1.18. The summed E-state index contributed by atoms with van der Waals surface area (Å²) in [6, 6.07) is 4.77. The molecule has 1 atom stereocenters. The van der Waals surface area contributed by atoms with E-state index in [9.17, 15) is 19.6 Å². The lowest BCUT2D eigenvalue weighted by molar-refractivity contribution is -0.130. The third kappa shape index (κ3) is 6.44. The van der Waals surface area contributed by atoms with Gasteiger partial charge in [-0.05, 0) is 77.3 Å². The number of aryl methyl sites for hydroxylation is 2. The summed E-state index contributed by atoms with van der Waals surface area (Å²) in [4.78, 5) is 54.4. The maximum Gasteiger partial charge on any atom is 0.320 e. The Hall–Kier alpha value is -3.19. The number of hydrogen-bond acceptors (Lipinski definition) is 6.